The molecule has 1 fully saturated rings. The molecule has 9 heteroatoms. The first-order chi connectivity index (χ1) is 13.7. The molecule has 0 radical (unpaired) electrons. The quantitative estimate of drug-likeness (QED) is 0.641. The molecule has 0 N–H and O–H groups in total. The summed E-state index contributed by atoms with van der Waals surface area (Å²) in [6, 6.07) is 7.77. The predicted molar refractivity (Wildman–Crippen MR) is 100 cm³/mol. The zero-order chi connectivity index (χ0) is 19.3. The number of nitrogens with zero attached hydrogens (tertiary/aromatic N) is 6. The standard InChI is InChI=1S/C19H21FN6O2/c1-2-27-16-7-8-21-19(22-16)26-11-9-25(10-12-26)13-17-23-24-18(28-17)14-3-5-15(20)6-4-14/h3-8H,2,9-13H2,1H3. The van der Waals surface area contributed by atoms with E-state index in [4.69, 9.17) is 9.15 Å². The SMILES string of the molecule is CCOc1ccnc(N2CCN(Cc3nnc(-c4ccc(F)cc4)o3)CC2)n1. The van der Waals surface area contributed by atoms with Crippen LogP contribution < -0.4 is 9.64 Å². The smallest absolute Gasteiger partial charge is 0.247 e. The molecule has 0 saturated carbocycles. The average Bonchev–Trinajstić information content (AvgIpc) is 3.18. The Kier molecular flexibility index (Phi) is 5.43. The van der Waals surface area contributed by atoms with E-state index in [-0.39, 0.29) is 5.82 Å². The van der Waals surface area contributed by atoms with Crippen molar-refractivity contribution in [3.05, 3.63) is 48.2 Å². The molecule has 3 heterocycles. The summed E-state index contributed by atoms with van der Waals surface area (Å²) >= 11 is 0. The van der Waals surface area contributed by atoms with Crippen molar-refractivity contribution in [2.24, 2.45) is 0 Å². The summed E-state index contributed by atoms with van der Waals surface area (Å²) in [5.74, 6) is 1.92. The maximum Gasteiger partial charge on any atom is 0.247 e. The van der Waals surface area contributed by atoms with Crippen molar-refractivity contribution in [3.8, 4) is 17.3 Å². The molecule has 1 saturated heterocycles. The van der Waals surface area contributed by atoms with E-state index in [2.05, 4.69) is 30.0 Å². The maximum absolute atomic E-state index is 13.0. The van der Waals surface area contributed by atoms with Gasteiger partial charge in [-0.3, -0.25) is 4.90 Å². The highest BCUT2D eigenvalue weighted by Crippen LogP contribution is 2.20. The topological polar surface area (TPSA) is 80.4 Å². The minimum atomic E-state index is -0.294. The molecule has 1 aliphatic heterocycles. The van der Waals surface area contributed by atoms with Gasteiger partial charge in [0, 0.05) is 44.0 Å². The number of anilines is 1. The van der Waals surface area contributed by atoms with E-state index < -0.39 is 0 Å². The monoisotopic (exact) mass is 384 g/mol. The van der Waals surface area contributed by atoms with Gasteiger partial charge in [0.25, 0.3) is 0 Å². The second kappa shape index (κ2) is 8.30. The summed E-state index contributed by atoms with van der Waals surface area (Å²) in [6.45, 7) is 6.34. The van der Waals surface area contributed by atoms with Crippen LogP contribution in [0.15, 0.2) is 40.9 Å². The van der Waals surface area contributed by atoms with Gasteiger partial charge in [-0.2, -0.15) is 4.98 Å². The van der Waals surface area contributed by atoms with Crippen molar-refractivity contribution in [3.63, 3.8) is 0 Å². The number of ether oxygens (including phenoxy) is 1. The fourth-order valence-corrected chi connectivity index (χ4v) is 3.04. The third kappa shape index (κ3) is 4.25. The lowest BCUT2D eigenvalue weighted by atomic mass is 10.2. The van der Waals surface area contributed by atoms with Gasteiger partial charge < -0.3 is 14.1 Å². The molecule has 1 aromatic carbocycles. The van der Waals surface area contributed by atoms with E-state index in [9.17, 15) is 4.39 Å². The molecule has 2 aromatic heterocycles. The van der Waals surface area contributed by atoms with Gasteiger partial charge in [-0.15, -0.1) is 10.2 Å². The van der Waals surface area contributed by atoms with Crippen LogP contribution in [0.25, 0.3) is 11.5 Å². The van der Waals surface area contributed by atoms with Gasteiger partial charge in [-0.1, -0.05) is 0 Å². The Hall–Kier alpha value is -3.07. The Balaban J connectivity index is 1.33. The van der Waals surface area contributed by atoms with Gasteiger partial charge in [0.05, 0.1) is 13.2 Å². The largest absolute Gasteiger partial charge is 0.478 e. The molecular weight excluding hydrogens is 363 g/mol. The van der Waals surface area contributed by atoms with Gasteiger partial charge >= 0.3 is 0 Å². The summed E-state index contributed by atoms with van der Waals surface area (Å²) in [4.78, 5) is 13.2. The maximum atomic E-state index is 13.0. The molecule has 0 spiro atoms. The molecule has 0 bridgehead atoms. The molecule has 4 rings (SSSR count). The van der Waals surface area contributed by atoms with Gasteiger partial charge in [0.15, 0.2) is 0 Å². The molecule has 0 amide bonds. The van der Waals surface area contributed by atoms with Crippen LogP contribution in [-0.2, 0) is 6.54 Å². The molecular formula is C19H21FN6O2. The summed E-state index contributed by atoms with van der Waals surface area (Å²) < 4.78 is 24.2. The van der Waals surface area contributed by atoms with Gasteiger partial charge in [-0.05, 0) is 31.2 Å². The van der Waals surface area contributed by atoms with Crippen molar-refractivity contribution in [2.45, 2.75) is 13.5 Å². The number of piperazine rings is 1. The molecule has 0 aliphatic carbocycles. The Morgan fingerprint density at radius 2 is 1.86 bits per heavy atom. The first-order valence-corrected chi connectivity index (χ1v) is 9.23. The molecule has 8 nitrogen and oxygen atoms in total. The molecule has 1 aliphatic rings. The number of rotatable bonds is 6. The van der Waals surface area contributed by atoms with Crippen LogP contribution in [0.2, 0.25) is 0 Å². The highest BCUT2D eigenvalue weighted by Gasteiger charge is 2.21. The number of aromatic nitrogens is 4. The average molecular weight is 384 g/mol. The van der Waals surface area contributed by atoms with E-state index in [0.29, 0.717) is 42.3 Å². The predicted octanol–water partition coefficient (Wildman–Crippen LogP) is 2.39. The van der Waals surface area contributed by atoms with E-state index in [0.717, 1.165) is 26.2 Å². The van der Waals surface area contributed by atoms with Crippen LogP contribution in [0.1, 0.15) is 12.8 Å². The van der Waals surface area contributed by atoms with Crippen molar-refractivity contribution in [1.82, 2.24) is 25.1 Å². The first kappa shape index (κ1) is 18.3. The molecule has 3 aromatic rings. The van der Waals surface area contributed by atoms with E-state index in [1.54, 1.807) is 24.4 Å². The second-order valence-corrected chi connectivity index (χ2v) is 6.40. The summed E-state index contributed by atoms with van der Waals surface area (Å²) in [5.41, 5.74) is 0.705. The lowest BCUT2D eigenvalue weighted by Gasteiger charge is -2.33. The first-order valence-electron chi connectivity index (χ1n) is 9.23. The molecule has 28 heavy (non-hydrogen) atoms. The van der Waals surface area contributed by atoms with Crippen LogP contribution in [0.5, 0.6) is 5.88 Å². The zero-order valence-corrected chi connectivity index (χ0v) is 15.6. The van der Waals surface area contributed by atoms with Crippen LogP contribution >= 0.6 is 0 Å². The number of hydrogen-bond donors (Lipinski definition) is 0. The number of hydrogen-bond acceptors (Lipinski definition) is 8. The normalized spacial score (nSPS) is 15.0. The second-order valence-electron chi connectivity index (χ2n) is 6.40. The molecule has 0 atom stereocenters. The van der Waals surface area contributed by atoms with Gasteiger partial charge in [0.2, 0.25) is 23.6 Å². The minimum Gasteiger partial charge on any atom is -0.478 e. The van der Waals surface area contributed by atoms with Crippen molar-refractivity contribution >= 4 is 5.95 Å². The third-order valence-corrected chi connectivity index (χ3v) is 4.48. The van der Waals surface area contributed by atoms with Gasteiger partial charge in [0.1, 0.15) is 5.82 Å². The van der Waals surface area contributed by atoms with Crippen LogP contribution in [-0.4, -0.2) is 57.9 Å². The van der Waals surface area contributed by atoms with E-state index in [1.807, 2.05) is 6.92 Å². The van der Waals surface area contributed by atoms with Gasteiger partial charge in [-0.25, -0.2) is 9.37 Å². The lowest BCUT2D eigenvalue weighted by Crippen LogP contribution is -2.46. The summed E-state index contributed by atoms with van der Waals surface area (Å²) in [7, 11) is 0. The highest BCUT2D eigenvalue weighted by atomic mass is 19.1. The molecule has 0 unspecified atom stereocenters. The summed E-state index contributed by atoms with van der Waals surface area (Å²) in [6.07, 6.45) is 1.72. The Morgan fingerprint density at radius 3 is 2.61 bits per heavy atom. The number of benzene rings is 1. The lowest BCUT2D eigenvalue weighted by molar-refractivity contribution is 0.226. The fraction of sp³-hybridized carbons (Fsp3) is 0.368. The van der Waals surface area contributed by atoms with Crippen LogP contribution in [0.3, 0.4) is 0 Å². The summed E-state index contributed by atoms with van der Waals surface area (Å²) in [5, 5.41) is 8.17. The van der Waals surface area contributed by atoms with Crippen molar-refractivity contribution in [1.29, 1.82) is 0 Å². The van der Waals surface area contributed by atoms with Crippen molar-refractivity contribution < 1.29 is 13.5 Å². The van der Waals surface area contributed by atoms with Crippen LogP contribution in [0, 0.1) is 5.82 Å². The number of halogens is 1. The molecule has 146 valence electrons. The minimum absolute atomic E-state index is 0.294. The third-order valence-electron chi connectivity index (χ3n) is 4.48. The Morgan fingerprint density at radius 1 is 1.07 bits per heavy atom. The zero-order valence-electron chi connectivity index (χ0n) is 15.6. The van der Waals surface area contributed by atoms with E-state index in [1.165, 1.54) is 12.1 Å². The van der Waals surface area contributed by atoms with E-state index >= 15 is 0 Å². The fourth-order valence-electron chi connectivity index (χ4n) is 3.04. The van der Waals surface area contributed by atoms with Crippen LogP contribution in [0.4, 0.5) is 10.3 Å². The Labute approximate surface area is 162 Å². The van der Waals surface area contributed by atoms with Crippen molar-refractivity contribution in [2.75, 3.05) is 37.7 Å². The Bertz CT molecular complexity index is 909. The highest BCUT2D eigenvalue weighted by molar-refractivity contribution is 5.51.